The van der Waals surface area contributed by atoms with Crippen LogP contribution in [0.1, 0.15) is 11.7 Å². The van der Waals surface area contributed by atoms with Gasteiger partial charge < -0.3 is 9.84 Å². The Kier molecular flexibility index (Phi) is 6.39. The van der Waals surface area contributed by atoms with Crippen LogP contribution in [0.3, 0.4) is 0 Å². The first kappa shape index (κ1) is 17.9. The van der Waals surface area contributed by atoms with Gasteiger partial charge in [0.1, 0.15) is 6.61 Å². The van der Waals surface area contributed by atoms with Gasteiger partial charge in [-0.2, -0.15) is 0 Å². The van der Waals surface area contributed by atoms with Gasteiger partial charge in [-0.1, -0.05) is 42.5 Å². The molecule has 1 heterocycles. The summed E-state index contributed by atoms with van der Waals surface area (Å²) in [5, 5.41) is 10.3. The molecule has 0 aliphatic carbocycles. The van der Waals surface area contributed by atoms with Crippen molar-refractivity contribution in [3.05, 3.63) is 66.0 Å². The van der Waals surface area contributed by atoms with Crippen LogP contribution in [0, 0.1) is 5.82 Å². The minimum absolute atomic E-state index is 0.312. The molecule has 2 aromatic carbocycles. The van der Waals surface area contributed by atoms with Gasteiger partial charge in [0.15, 0.2) is 11.6 Å². The number of aliphatic hydroxyl groups is 1. The zero-order valence-corrected chi connectivity index (χ0v) is 14.4. The highest BCUT2D eigenvalue weighted by atomic mass is 19.1. The third-order valence-electron chi connectivity index (χ3n) is 4.58. The Morgan fingerprint density at radius 3 is 2.28 bits per heavy atom. The molecule has 0 spiro atoms. The number of para-hydroxylation sites is 1. The van der Waals surface area contributed by atoms with Crippen molar-refractivity contribution in [2.75, 3.05) is 45.9 Å². The summed E-state index contributed by atoms with van der Waals surface area (Å²) < 4.78 is 19.0. The second-order valence-corrected chi connectivity index (χ2v) is 6.35. The molecule has 1 saturated heterocycles. The number of halogens is 1. The molecule has 1 atom stereocenters. The van der Waals surface area contributed by atoms with Crippen molar-refractivity contribution in [1.82, 2.24) is 9.80 Å². The summed E-state index contributed by atoms with van der Waals surface area (Å²) in [6.07, 6.45) is -0.447. The Morgan fingerprint density at radius 1 is 0.920 bits per heavy atom. The maximum absolute atomic E-state index is 13.5. The number of rotatable bonds is 7. The smallest absolute Gasteiger partial charge is 0.165 e. The van der Waals surface area contributed by atoms with E-state index in [1.54, 1.807) is 18.2 Å². The predicted molar refractivity (Wildman–Crippen MR) is 96.2 cm³/mol. The number of hydrogen-bond acceptors (Lipinski definition) is 4. The first-order chi connectivity index (χ1) is 12.2. The highest BCUT2D eigenvalue weighted by molar-refractivity contribution is 5.23. The molecule has 0 radical (unpaired) electrons. The molecule has 1 aliphatic rings. The van der Waals surface area contributed by atoms with Crippen LogP contribution in [0.15, 0.2) is 54.6 Å². The monoisotopic (exact) mass is 344 g/mol. The maximum Gasteiger partial charge on any atom is 0.165 e. The highest BCUT2D eigenvalue weighted by Crippen LogP contribution is 2.16. The molecule has 1 fully saturated rings. The lowest BCUT2D eigenvalue weighted by Crippen LogP contribution is -2.48. The van der Waals surface area contributed by atoms with Crippen molar-refractivity contribution in [2.45, 2.75) is 6.10 Å². The predicted octanol–water partition coefficient (Wildman–Crippen LogP) is 2.56. The third kappa shape index (κ3) is 5.26. The van der Waals surface area contributed by atoms with E-state index >= 15 is 0 Å². The summed E-state index contributed by atoms with van der Waals surface area (Å²) in [5.41, 5.74) is 0.961. The van der Waals surface area contributed by atoms with E-state index in [1.807, 2.05) is 30.3 Å². The molecule has 0 aromatic heterocycles. The van der Waals surface area contributed by atoms with E-state index in [0.29, 0.717) is 18.9 Å². The normalized spacial score (nSPS) is 17.4. The fraction of sp³-hybridized carbons (Fsp3) is 0.400. The fourth-order valence-corrected chi connectivity index (χ4v) is 3.07. The number of ether oxygens (including phenoxy) is 1. The Hall–Kier alpha value is -1.95. The fourth-order valence-electron chi connectivity index (χ4n) is 3.07. The van der Waals surface area contributed by atoms with Crippen LogP contribution in [0.4, 0.5) is 4.39 Å². The van der Waals surface area contributed by atoms with Crippen LogP contribution in [0.2, 0.25) is 0 Å². The zero-order chi connectivity index (χ0) is 17.5. The standard InChI is InChI=1S/C20H25FN2O2/c21-18-8-4-5-9-20(18)25-15-14-22-10-12-23(13-11-22)16-19(24)17-6-2-1-3-7-17/h1-9,19,24H,10-16H2/t19-/m0/s1. The summed E-state index contributed by atoms with van der Waals surface area (Å²) in [4.78, 5) is 4.60. The van der Waals surface area contributed by atoms with Crippen LogP contribution in [-0.2, 0) is 0 Å². The molecule has 2 aromatic rings. The molecular formula is C20H25FN2O2. The molecule has 1 N–H and O–H groups in total. The van der Waals surface area contributed by atoms with Crippen molar-refractivity contribution in [3.8, 4) is 5.75 Å². The Bertz CT molecular complexity index is 645. The van der Waals surface area contributed by atoms with Gasteiger partial charge in [-0.25, -0.2) is 4.39 Å². The summed E-state index contributed by atoms with van der Waals surface area (Å²) in [6, 6.07) is 16.3. The first-order valence-electron chi connectivity index (χ1n) is 8.77. The van der Waals surface area contributed by atoms with E-state index in [9.17, 15) is 9.50 Å². The molecule has 25 heavy (non-hydrogen) atoms. The van der Waals surface area contributed by atoms with Crippen LogP contribution in [-0.4, -0.2) is 60.8 Å². The van der Waals surface area contributed by atoms with E-state index in [2.05, 4.69) is 9.80 Å². The topological polar surface area (TPSA) is 35.9 Å². The van der Waals surface area contributed by atoms with Gasteiger partial charge in [-0.3, -0.25) is 9.80 Å². The summed E-state index contributed by atoms with van der Waals surface area (Å²) in [6.45, 7) is 5.62. The second kappa shape index (κ2) is 8.94. The molecule has 0 bridgehead atoms. The van der Waals surface area contributed by atoms with E-state index in [0.717, 1.165) is 38.3 Å². The van der Waals surface area contributed by atoms with Crippen molar-refractivity contribution in [1.29, 1.82) is 0 Å². The number of nitrogens with zero attached hydrogens (tertiary/aromatic N) is 2. The van der Waals surface area contributed by atoms with Crippen molar-refractivity contribution in [3.63, 3.8) is 0 Å². The van der Waals surface area contributed by atoms with Crippen LogP contribution in [0.25, 0.3) is 0 Å². The minimum atomic E-state index is -0.447. The van der Waals surface area contributed by atoms with Gasteiger partial charge in [0.2, 0.25) is 0 Å². The number of piperazine rings is 1. The molecule has 0 amide bonds. The second-order valence-electron chi connectivity index (χ2n) is 6.35. The zero-order valence-electron chi connectivity index (χ0n) is 14.4. The molecule has 3 rings (SSSR count). The van der Waals surface area contributed by atoms with E-state index in [1.165, 1.54) is 6.07 Å². The maximum atomic E-state index is 13.5. The van der Waals surface area contributed by atoms with Crippen LogP contribution >= 0.6 is 0 Å². The lowest BCUT2D eigenvalue weighted by Gasteiger charge is -2.35. The SMILES string of the molecule is O[C@@H](CN1CCN(CCOc2ccccc2F)CC1)c1ccccc1. The van der Waals surface area contributed by atoms with Gasteiger partial charge in [0.25, 0.3) is 0 Å². The van der Waals surface area contributed by atoms with E-state index in [-0.39, 0.29) is 5.82 Å². The minimum Gasteiger partial charge on any atom is -0.489 e. The van der Waals surface area contributed by atoms with Gasteiger partial charge >= 0.3 is 0 Å². The van der Waals surface area contributed by atoms with E-state index < -0.39 is 6.10 Å². The quantitative estimate of drug-likeness (QED) is 0.837. The molecule has 4 nitrogen and oxygen atoms in total. The van der Waals surface area contributed by atoms with Gasteiger partial charge in [0.05, 0.1) is 6.10 Å². The van der Waals surface area contributed by atoms with Crippen molar-refractivity contribution >= 4 is 0 Å². The van der Waals surface area contributed by atoms with Gasteiger partial charge in [-0.05, 0) is 17.7 Å². The van der Waals surface area contributed by atoms with Crippen molar-refractivity contribution in [2.24, 2.45) is 0 Å². The Morgan fingerprint density at radius 2 is 1.56 bits per heavy atom. The summed E-state index contributed by atoms with van der Waals surface area (Å²) in [5.74, 6) is -0.00524. The average Bonchev–Trinajstić information content (AvgIpc) is 2.65. The first-order valence-corrected chi connectivity index (χ1v) is 8.77. The highest BCUT2D eigenvalue weighted by Gasteiger charge is 2.19. The summed E-state index contributed by atoms with van der Waals surface area (Å²) in [7, 11) is 0. The number of aliphatic hydroxyl groups excluding tert-OH is 1. The molecule has 5 heteroatoms. The Balaban J connectivity index is 1.37. The van der Waals surface area contributed by atoms with Gasteiger partial charge in [-0.15, -0.1) is 0 Å². The largest absolute Gasteiger partial charge is 0.489 e. The van der Waals surface area contributed by atoms with Gasteiger partial charge in [0, 0.05) is 39.3 Å². The molecular weight excluding hydrogens is 319 g/mol. The van der Waals surface area contributed by atoms with Crippen LogP contribution < -0.4 is 4.74 Å². The average molecular weight is 344 g/mol. The van der Waals surface area contributed by atoms with Crippen LogP contribution in [0.5, 0.6) is 5.75 Å². The number of hydrogen-bond donors (Lipinski definition) is 1. The molecule has 134 valence electrons. The lowest BCUT2D eigenvalue weighted by atomic mass is 10.1. The molecule has 0 saturated carbocycles. The molecule has 0 unspecified atom stereocenters. The number of β-amino-alcohol motifs (C(OH)–C–C–N with tert-alkyl or cyclic N) is 1. The Labute approximate surface area is 148 Å². The third-order valence-corrected chi connectivity index (χ3v) is 4.58. The molecule has 1 aliphatic heterocycles. The lowest BCUT2D eigenvalue weighted by molar-refractivity contribution is 0.0674. The number of benzene rings is 2. The summed E-state index contributed by atoms with van der Waals surface area (Å²) >= 11 is 0. The van der Waals surface area contributed by atoms with Crippen molar-refractivity contribution < 1.29 is 14.2 Å². The van der Waals surface area contributed by atoms with E-state index in [4.69, 9.17) is 4.74 Å².